The van der Waals surface area contributed by atoms with Gasteiger partial charge in [-0.3, -0.25) is 4.99 Å². The van der Waals surface area contributed by atoms with Gasteiger partial charge in [-0.15, -0.1) is 0 Å². The lowest BCUT2D eigenvalue weighted by Crippen LogP contribution is -2.49. The number of hydrogen-bond donors (Lipinski definition) is 3. The second-order valence-corrected chi connectivity index (χ2v) is 8.74. The molecule has 8 heteroatoms. The van der Waals surface area contributed by atoms with Crippen LogP contribution in [0.15, 0.2) is 34.2 Å². The number of aliphatic imine (C=N–C) groups is 1. The molecule has 152 valence electrons. The van der Waals surface area contributed by atoms with E-state index in [1.807, 2.05) is 6.92 Å². The van der Waals surface area contributed by atoms with E-state index in [2.05, 4.69) is 32.2 Å². The molecule has 0 aliphatic carbocycles. The van der Waals surface area contributed by atoms with Crippen LogP contribution in [0.3, 0.4) is 0 Å². The van der Waals surface area contributed by atoms with E-state index in [1.54, 1.807) is 31.3 Å². The number of rotatable bonds is 8. The van der Waals surface area contributed by atoms with Crippen molar-refractivity contribution >= 4 is 16.0 Å². The zero-order valence-corrected chi connectivity index (χ0v) is 17.5. The molecular weight excluding hydrogens is 362 g/mol. The van der Waals surface area contributed by atoms with Crippen LogP contribution in [-0.2, 0) is 10.0 Å². The van der Waals surface area contributed by atoms with E-state index in [0.29, 0.717) is 19.1 Å². The summed E-state index contributed by atoms with van der Waals surface area (Å²) < 4.78 is 27.2. The lowest BCUT2D eigenvalue weighted by atomic mass is 10.1. The van der Waals surface area contributed by atoms with Crippen LogP contribution in [0.5, 0.6) is 0 Å². The minimum atomic E-state index is -3.48. The van der Waals surface area contributed by atoms with Crippen LogP contribution in [0.25, 0.3) is 0 Å². The molecule has 3 N–H and O–H groups in total. The molecule has 1 fully saturated rings. The molecule has 2 rings (SSSR count). The van der Waals surface area contributed by atoms with Crippen molar-refractivity contribution in [1.29, 1.82) is 0 Å². The number of benzene rings is 1. The third-order valence-electron chi connectivity index (χ3n) is 4.73. The van der Waals surface area contributed by atoms with Gasteiger partial charge in [-0.1, -0.05) is 24.6 Å². The summed E-state index contributed by atoms with van der Waals surface area (Å²) in [5, 5.41) is 6.62. The molecule has 0 bridgehead atoms. The van der Waals surface area contributed by atoms with E-state index >= 15 is 0 Å². The molecule has 1 aromatic carbocycles. The van der Waals surface area contributed by atoms with E-state index < -0.39 is 10.0 Å². The maximum atomic E-state index is 12.3. The zero-order valence-electron chi connectivity index (χ0n) is 16.7. The van der Waals surface area contributed by atoms with Crippen LogP contribution < -0.4 is 15.4 Å². The minimum Gasteiger partial charge on any atom is -0.355 e. The number of guanidine groups is 1. The van der Waals surface area contributed by atoms with Crippen molar-refractivity contribution in [3.8, 4) is 0 Å². The molecule has 1 aliphatic heterocycles. The maximum absolute atomic E-state index is 12.3. The molecule has 1 aromatic rings. The first-order valence-corrected chi connectivity index (χ1v) is 11.2. The predicted molar refractivity (Wildman–Crippen MR) is 111 cm³/mol. The number of nitrogens with one attached hydrogen (secondary N) is 3. The Balaban J connectivity index is 1.71. The molecule has 1 aliphatic rings. The van der Waals surface area contributed by atoms with Gasteiger partial charge >= 0.3 is 0 Å². The van der Waals surface area contributed by atoms with Crippen molar-refractivity contribution in [3.63, 3.8) is 0 Å². The molecule has 0 amide bonds. The molecule has 0 aromatic heterocycles. The Morgan fingerprint density at radius 2 is 1.85 bits per heavy atom. The van der Waals surface area contributed by atoms with E-state index in [4.69, 9.17) is 0 Å². The Bertz CT molecular complexity index is 695. The number of nitrogens with zero attached hydrogens (tertiary/aromatic N) is 2. The molecule has 1 heterocycles. The van der Waals surface area contributed by atoms with Gasteiger partial charge < -0.3 is 15.5 Å². The zero-order chi connectivity index (χ0) is 19.7. The first-order valence-electron chi connectivity index (χ1n) is 9.70. The van der Waals surface area contributed by atoms with Gasteiger partial charge in [0.15, 0.2) is 5.96 Å². The smallest absolute Gasteiger partial charge is 0.240 e. The Hall–Kier alpha value is -1.64. The Labute approximate surface area is 163 Å². The predicted octanol–water partition coefficient (Wildman–Crippen LogP) is 1.31. The average Bonchev–Trinajstić information content (AvgIpc) is 2.66. The maximum Gasteiger partial charge on any atom is 0.240 e. The Morgan fingerprint density at radius 1 is 1.19 bits per heavy atom. The molecule has 1 saturated heterocycles. The summed E-state index contributed by atoms with van der Waals surface area (Å²) in [6.45, 7) is 8.30. The second kappa shape index (κ2) is 10.6. The number of sulfonamides is 1. The van der Waals surface area contributed by atoms with Gasteiger partial charge in [-0.2, -0.15) is 0 Å². The number of likely N-dealkylation sites (tertiary alicyclic amines) is 1. The largest absolute Gasteiger partial charge is 0.355 e. The topological polar surface area (TPSA) is 85.8 Å². The van der Waals surface area contributed by atoms with Crippen LogP contribution in [0, 0.1) is 6.92 Å². The highest BCUT2D eigenvalue weighted by Gasteiger charge is 2.19. The first-order chi connectivity index (χ1) is 12.9. The molecule has 0 atom stereocenters. The summed E-state index contributed by atoms with van der Waals surface area (Å²) in [6.07, 6.45) is 3.39. The molecule has 0 saturated carbocycles. The summed E-state index contributed by atoms with van der Waals surface area (Å²) in [5.74, 6) is 0.721. The van der Waals surface area contributed by atoms with Crippen LogP contribution >= 0.6 is 0 Å². The SMILES string of the molecule is CCCN1CCC(NC(=NC)NCCNS(=O)(=O)c2ccc(C)cc2)CC1. The highest BCUT2D eigenvalue weighted by Crippen LogP contribution is 2.11. The summed E-state index contributed by atoms with van der Waals surface area (Å²) in [6, 6.07) is 7.25. The lowest BCUT2D eigenvalue weighted by molar-refractivity contribution is 0.206. The normalized spacial score (nSPS) is 17.1. The van der Waals surface area contributed by atoms with Gasteiger partial charge in [0, 0.05) is 39.3 Å². The lowest BCUT2D eigenvalue weighted by Gasteiger charge is -2.32. The molecule has 0 unspecified atom stereocenters. The highest BCUT2D eigenvalue weighted by molar-refractivity contribution is 7.89. The van der Waals surface area contributed by atoms with Gasteiger partial charge in [0.2, 0.25) is 10.0 Å². The van der Waals surface area contributed by atoms with E-state index in [0.717, 1.165) is 37.5 Å². The fourth-order valence-corrected chi connectivity index (χ4v) is 4.20. The monoisotopic (exact) mass is 395 g/mol. The molecular formula is C19H33N5O2S. The van der Waals surface area contributed by atoms with Gasteiger partial charge in [0.1, 0.15) is 0 Å². The third-order valence-corrected chi connectivity index (χ3v) is 6.21. The summed E-state index contributed by atoms with van der Waals surface area (Å²) in [4.78, 5) is 7.02. The van der Waals surface area contributed by atoms with E-state index in [9.17, 15) is 8.42 Å². The summed E-state index contributed by atoms with van der Waals surface area (Å²) in [7, 11) is -1.74. The van der Waals surface area contributed by atoms with E-state index in [1.165, 1.54) is 13.0 Å². The quantitative estimate of drug-likeness (QED) is 0.351. The van der Waals surface area contributed by atoms with Gasteiger partial charge in [-0.25, -0.2) is 13.1 Å². The van der Waals surface area contributed by atoms with Crippen molar-refractivity contribution in [3.05, 3.63) is 29.8 Å². The number of piperidine rings is 1. The molecule has 27 heavy (non-hydrogen) atoms. The van der Waals surface area contributed by atoms with Crippen LogP contribution in [0.4, 0.5) is 0 Å². The summed E-state index contributed by atoms with van der Waals surface area (Å²) >= 11 is 0. The minimum absolute atomic E-state index is 0.287. The van der Waals surface area contributed by atoms with Crippen molar-refractivity contribution in [2.75, 3.05) is 39.8 Å². The molecule has 0 radical (unpaired) electrons. The standard InChI is InChI=1S/C19H33N5O2S/c1-4-13-24-14-9-17(10-15-24)23-19(20-3)21-11-12-22-27(25,26)18-7-5-16(2)6-8-18/h5-8,17,22H,4,9-15H2,1-3H3,(H2,20,21,23). The van der Waals surface area contributed by atoms with Crippen molar-refractivity contribution in [2.45, 2.75) is 44.0 Å². The Morgan fingerprint density at radius 3 is 2.44 bits per heavy atom. The molecule has 7 nitrogen and oxygen atoms in total. The summed E-state index contributed by atoms with van der Waals surface area (Å²) in [5.41, 5.74) is 1.03. The fraction of sp³-hybridized carbons (Fsp3) is 0.632. The Kier molecular flexibility index (Phi) is 8.53. The highest BCUT2D eigenvalue weighted by atomic mass is 32.2. The second-order valence-electron chi connectivity index (χ2n) is 6.97. The van der Waals surface area contributed by atoms with E-state index in [-0.39, 0.29) is 4.90 Å². The fourth-order valence-electron chi connectivity index (χ4n) is 3.17. The van der Waals surface area contributed by atoms with Crippen molar-refractivity contribution < 1.29 is 8.42 Å². The van der Waals surface area contributed by atoms with Crippen LogP contribution in [0.1, 0.15) is 31.7 Å². The molecule has 0 spiro atoms. The van der Waals surface area contributed by atoms with Crippen LogP contribution in [-0.4, -0.2) is 65.1 Å². The van der Waals surface area contributed by atoms with Gasteiger partial charge in [0.05, 0.1) is 4.90 Å². The first kappa shape index (κ1) is 21.7. The number of aryl methyl sites for hydroxylation is 1. The van der Waals surface area contributed by atoms with Gasteiger partial charge in [0.25, 0.3) is 0 Å². The average molecular weight is 396 g/mol. The van der Waals surface area contributed by atoms with Gasteiger partial charge in [-0.05, 0) is 44.9 Å². The third kappa shape index (κ3) is 7.12. The van der Waals surface area contributed by atoms with Crippen LogP contribution in [0.2, 0.25) is 0 Å². The van der Waals surface area contributed by atoms with Crippen molar-refractivity contribution in [2.24, 2.45) is 4.99 Å². The van der Waals surface area contributed by atoms with Crippen molar-refractivity contribution in [1.82, 2.24) is 20.3 Å². The number of hydrogen-bond acceptors (Lipinski definition) is 4.